The third-order valence-corrected chi connectivity index (χ3v) is 2.95. The predicted molar refractivity (Wildman–Crippen MR) is 80.9 cm³/mol. The molecule has 0 bridgehead atoms. The number of benzene rings is 2. The Morgan fingerprint density at radius 3 is 2.64 bits per heavy atom. The molecule has 0 aliphatic heterocycles. The Balaban J connectivity index is 2.16. The van der Waals surface area contributed by atoms with E-state index in [4.69, 9.17) is 0 Å². The van der Waals surface area contributed by atoms with Crippen LogP contribution in [0.15, 0.2) is 53.6 Å². The summed E-state index contributed by atoms with van der Waals surface area (Å²) in [5.41, 5.74) is 3.27. The molecule has 7 heteroatoms. The van der Waals surface area contributed by atoms with Crippen molar-refractivity contribution in [3.05, 3.63) is 69.8 Å². The van der Waals surface area contributed by atoms with E-state index in [1.165, 1.54) is 30.3 Å². The second-order valence-corrected chi connectivity index (χ2v) is 4.46. The number of non-ortho nitro benzene ring substituents is 1. The van der Waals surface area contributed by atoms with Gasteiger partial charge in [-0.05, 0) is 19.1 Å². The number of nitrogens with zero attached hydrogens (tertiary/aromatic N) is 2. The van der Waals surface area contributed by atoms with Crippen LogP contribution < -0.4 is 5.43 Å². The van der Waals surface area contributed by atoms with Crippen LogP contribution in [-0.4, -0.2) is 21.6 Å². The summed E-state index contributed by atoms with van der Waals surface area (Å²) >= 11 is 0. The van der Waals surface area contributed by atoms with Gasteiger partial charge in [-0.2, -0.15) is 5.10 Å². The van der Waals surface area contributed by atoms with E-state index in [1.807, 2.05) is 0 Å². The van der Waals surface area contributed by atoms with Crippen molar-refractivity contribution in [2.24, 2.45) is 5.10 Å². The van der Waals surface area contributed by atoms with E-state index in [9.17, 15) is 20.0 Å². The van der Waals surface area contributed by atoms with Gasteiger partial charge < -0.3 is 5.11 Å². The molecule has 22 heavy (non-hydrogen) atoms. The lowest BCUT2D eigenvalue weighted by Crippen LogP contribution is -2.19. The molecular weight excluding hydrogens is 286 g/mol. The number of aromatic hydroxyl groups is 1. The number of amides is 1. The number of carbonyl (C=O) groups is 1. The maximum atomic E-state index is 11.9. The lowest BCUT2D eigenvalue weighted by molar-refractivity contribution is -0.384. The molecule has 7 nitrogen and oxygen atoms in total. The number of nitro benzene ring substituents is 1. The minimum atomic E-state index is -0.567. The zero-order valence-electron chi connectivity index (χ0n) is 11.7. The molecule has 0 radical (unpaired) electrons. The summed E-state index contributed by atoms with van der Waals surface area (Å²) in [6.07, 6.45) is 0. The summed E-state index contributed by atoms with van der Waals surface area (Å²) < 4.78 is 0. The molecule has 2 rings (SSSR count). The van der Waals surface area contributed by atoms with E-state index < -0.39 is 10.8 Å². The highest BCUT2D eigenvalue weighted by Crippen LogP contribution is 2.16. The minimum Gasteiger partial charge on any atom is -0.507 e. The van der Waals surface area contributed by atoms with Gasteiger partial charge in [0.05, 0.1) is 16.2 Å². The first kappa shape index (κ1) is 15.2. The van der Waals surface area contributed by atoms with Crippen LogP contribution in [0.4, 0.5) is 5.69 Å². The van der Waals surface area contributed by atoms with E-state index in [0.717, 1.165) is 0 Å². The first-order valence-corrected chi connectivity index (χ1v) is 6.36. The second kappa shape index (κ2) is 6.49. The van der Waals surface area contributed by atoms with Gasteiger partial charge in [0.2, 0.25) is 0 Å². The van der Waals surface area contributed by atoms with Gasteiger partial charge in [-0.1, -0.05) is 24.3 Å². The zero-order valence-corrected chi connectivity index (χ0v) is 11.7. The SMILES string of the molecule is C/C(=N/NC(=O)c1ccccc1O)c1cccc([N+](=O)[O-])c1. The Bertz CT molecular complexity index is 756. The Morgan fingerprint density at radius 1 is 1.23 bits per heavy atom. The molecule has 0 aliphatic rings. The molecule has 0 unspecified atom stereocenters. The predicted octanol–water partition coefficient (Wildman–Crippen LogP) is 2.45. The lowest BCUT2D eigenvalue weighted by Gasteiger charge is -2.04. The van der Waals surface area contributed by atoms with Crippen LogP contribution >= 0.6 is 0 Å². The quantitative estimate of drug-likeness (QED) is 0.514. The smallest absolute Gasteiger partial charge is 0.275 e. The zero-order chi connectivity index (χ0) is 16.1. The fourth-order valence-electron chi connectivity index (χ4n) is 1.77. The van der Waals surface area contributed by atoms with Crippen LogP contribution in [0.1, 0.15) is 22.8 Å². The van der Waals surface area contributed by atoms with Crippen LogP contribution in [0.3, 0.4) is 0 Å². The number of hydrogen-bond acceptors (Lipinski definition) is 5. The average Bonchev–Trinajstić information content (AvgIpc) is 2.52. The minimum absolute atomic E-state index is 0.0564. The molecule has 2 N–H and O–H groups in total. The Kier molecular flexibility index (Phi) is 4.47. The van der Waals surface area contributed by atoms with Crippen LogP contribution in [0, 0.1) is 10.1 Å². The van der Waals surface area contributed by atoms with Gasteiger partial charge >= 0.3 is 0 Å². The normalized spacial score (nSPS) is 11.0. The van der Waals surface area contributed by atoms with Crippen LogP contribution in [-0.2, 0) is 0 Å². The summed E-state index contributed by atoms with van der Waals surface area (Å²) in [6, 6.07) is 12.0. The topological polar surface area (TPSA) is 105 Å². The molecule has 0 atom stereocenters. The first-order chi connectivity index (χ1) is 10.5. The number of nitrogens with one attached hydrogen (secondary N) is 1. The summed E-state index contributed by atoms with van der Waals surface area (Å²) in [5.74, 6) is -0.717. The number of carbonyl (C=O) groups excluding carboxylic acids is 1. The van der Waals surface area contributed by atoms with Crippen LogP contribution in [0.5, 0.6) is 5.75 Å². The number of hydrazone groups is 1. The molecule has 2 aromatic rings. The van der Waals surface area contributed by atoms with Crippen molar-refractivity contribution < 1.29 is 14.8 Å². The maximum Gasteiger partial charge on any atom is 0.275 e. The lowest BCUT2D eigenvalue weighted by atomic mass is 10.1. The van der Waals surface area contributed by atoms with Crippen molar-refractivity contribution in [3.8, 4) is 5.75 Å². The average molecular weight is 299 g/mol. The molecule has 0 heterocycles. The second-order valence-electron chi connectivity index (χ2n) is 4.46. The van der Waals surface area contributed by atoms with E-state index >= 15 is 0 Å². The highest BCUT2D eigenvalue weighted by atomic mass is 16.6. The van der Waals surface area contributed by atoms with Crippen molar-refractivity contribution in [2.75, 3.05) is 0 Å². The number of para-hydroxylation sites is 1. The molecule has 0 saturated heterocycles. The first-order valence-electron chi connectivity index (χ1n) is 6.36. The van der Waals surface area contributed by atoms with Gasteiger partial charge in [-0.25, -0.2) is 5.43 Å². The van der Waals surface area contributed by atoms with Crippen molar-refractivity contribution >= 4 is 17.3 Å². The van der Waals surface area contributed by atoms with Crippen molar-refractivity contribution in [1.82, 2.24) is 5.43 Å². The van der Waals surface area contributed by atoms with E-state index in [1.54, 1.807) is 25.1 Å². The molecular formula is C15H13N3O4. The summed E-state index contributed by atoms with van der Waals surface area (Å²) in [5, 5.41) is 24.2. The number of rotatable bonds is 4. The Hall–Kier alpha value is -3.22. The molecule has 0 aliphatic carbocycles. The van der Waals surface area contributed by atoms with E-state index in [-0.39, 0.29) is 17.0 Å². The number of phenols is 1. The molecule has 0 spiro atoms. The van der Waals surface area contributed by atoms with E-state index in [0.29, 0.717) is 11.3 Å². The molecule has 1 amide bonds. The van der Waals surface area contributed by atoms with Gasteiger partial charge in [0, 0.05) is 17.7 Å². The van der Waals surface area contributed by atoms with E-state index in [2.05, 4.69) is 10.5 Å². The summed E-state index contributed by atoms with van der Waals surface area (Å²) in [4.78, 5) is 22.1. The summed E-state index contributed by atoms with van der Waals surface area (Å²) in [6.45, 7) is 1.62. The van der Waals surface area contributed by atoms with Gasteiger partial charge in [0.15, 0.2) is 0 Å². The fourth-order valence-corrected chi connectivity index (χ4v) is 1.77. The molecule has 0 saturated carbocycles. The third kappa shape index (κ3) is 3.45. The fraction of sp³-hybridized carbons (Fsp3) is 0.0667. The highest BCUT2D eigenvalue weighted by molar-refractivity contribution is 6.01. The van der Waals surface area contributed by atoms with Gasteiger partial charge in [-0.3, -0.25) is 14.9 Å². The number of hydrogen-bond donors (Lipinski definition) is 2. The van der Waals surface area contributed by atoms with Gasteiger partial charge in [0.1, 0.15) is 5.75 Å². The Morgan fingerprint density at radius 2 is 1.95 bits per heavy atom. The third-order valence-electron chi connectivity index (χ3n) is 2.95. The van der Waals surface area contributed by atoms with Gasteiger partial charge in [0.25, 0.3) is 11.6 Å². The number of nitro groups is 1. The number of phenolic OH excluding ortho intramolecular Hbond substituents is 1. The van der Waals surface area contributed by atoms with Crippen LogP contribution in [0.25, 0.3) is 0 Å². The van der Waals surface area contributed by atoms with Gasteiger partial charge in [-0.15, -0.1) is 0 Å². The van der Waals surface area contributed by atoms with Crippen molar-refractivity contribution in [1.29, 1.82) is 0 Å². The van der Waals surface area contributed by atoms with Crippen LogP contribution in [0.2, 0.25) is 0 Å². The molecule has 112 valence electrons. The molecule has 0 fully saturated rings. The maximum absolute atomic E-state index is 11.9. The van der Waals surface area contributed by atoms with Crippen molar-refractivity contribution in [2.45, 2.75) is 6.92 Å². The monoisotopic (exact) mass is 299 g/mol. The van der Waals surface area contributed by atoms with Crippen molar-refractivity contribution in [3.63, 3.8) is 0 Å². The highest BCUT2D eigenvalue weighted by Gasteiger charge is 2.10. The summed E-state index contributed by atoms with van der Waals surface area (Å²) in [7, 11) is 0. The largest absolute Gasteiger partial charge is 0.507 e. The molecule has 0 aromatic heterocycles. The Labute approximate surface area is 126 Å². The molecule has 2 aromatic carbocycles. The standard InChI is InChI=1S/C15H13N3O4/c1-10(11-5-4-6-12(9-11)18(21)22)16-17-15(20)13-7-2-3-8-14(13)19/h2-9,19H,1H3,(H,17,20)/b16-10-.